The van der Waals surface area contributed by atoms with Crippen molar-refractivity contribution >= 4 is 17.8 Å². The topological polar surface area (TPSA) is 104 Å². The van der Waals surface area contributed by atoms with E-state index in [1.807, 2.05) is 0 Å². The van der Waals surface area contributed by atoms with Crippen molar-refractivity contribution in [1.29, 1.82) is 0 Å². The van der Waals surface area contributed by atoms with Gasteiger partial charge in [0.05, 0.1) is 5.56 Å². The maximum Gasteiger partial charge on any atom is 0.335 e. The highest BCUT2D eigenvalue weighted by Gasteiger charge is 2.34. The van der Waals surface area contributed by atoms with E-state index >= 15 is 0 Å². The van der Waals surface area contributed by atoms with Crippen LogP contribution in [0.5, 0.6) is 0 Å². The van der Waals surface area contributed by atoms with Crippen LogP contribution in [-0.2, 0) is 9.59 Å². The smallest absolute Gasteiger partial charge is 0.335 e. The summed E-state index contributed by atoms with van der Waals surface area (Å²) < 4.78 is 0. The van der Waals surface area contributed by atoms with Gasteiger partial charge in [-0.15, -0.1) is 0 Å². The van der Waals surface area contributed by atoms with E-state index in [9.17, 15) is 14.4 Å². The Morgan fingerprint density at radius 1 is 1.16 bits per heavy atom. The lowest BCUT2D eigenvalue weighted by Gasteiger charge is -2.27. The van der Waals surface area contributed by atoms with Crippen molar-refractivity contribution in [1.82, 2.24) is 5.32 Å². The van der Waals surface area contributed by atoms with Crippen LogP contribution in [0.25, 0.3) is 0 Å². The van der Waals surface area contributed by atoms with Crippen molar-refractivity contribution < 1.29 is 24.6 Å². The highest BCUT2D eigenvalue weighted by Crippen LogP contribution is 2.27. The number of hydrogen-bond acceptors (Lipinski definition) is 3. The number of carbonyl (C=O) groups excluding carboxylic acids is 1. The minimum Gasteiger partial charge on any atom is -0.481 e. The normalized spacial score (nSPS) is 22.6. The van der Waals surface area contributed by atoms with Gasteiger partial charge in [0.15, 0.2) is 0 Å². The molecule has 1 fully saturated rings. The maximum atomic E-state index is 11.4. The Balaban J connectivity index is 2.16. The lowest BCUT2D eigenvalue weighted by molar-refractivity contribution is -0.148. The molecule has 1 aromatic rings. The summed E-state index contributed by atoms with van der Waals surface area (Å²) in [5, 5.41) is 20.3. The molecule has 19 heavy (non-hydrogen) atoms. The molecule has 2 rings (SSSR count). The average molecular weight is 263 g/mol. The summed E-state index contributed by atoms with van der Waals surface area (Å²) in [7, 11) is 0. The van der Waals surface area contributed by atoms with Crippen LogP contribution in [0, 0.1) is 5.92 Å². The molecule has 0 radical (unpaired) electrons. The molecule has 1 aliphatic heterocycles. The number of carbonyl (C=O) groups is 3. The molecule has 1 saturated heterocycles. The summed E-state index contributed by atoms with van der Waals surface area (Å²) in [6, 6.07) is 6.27. The molecule has 1 aromatic carbocycles. The minimum absolute atomic E-state index is 0.110. The van der Waals surface area contributed by atoms with E-state index in [1.54, 1.807) is 12.1 Å². The Morgan fingerprint density at radius 2 is 1.79 bits per heavy atom. The maximum absolute atomic E-state index is 11.4. The summed E-state index contributed by atoms with van der Waals surface area (Å²) in [5.74, 6) is -3.76. The summed E-state index contributed by atoms with van der Waals surface area (Å²) in [4.78, 5) is 33.1. The third kappa shape index (κ3) is 2.73. The second-order valence-electron chi connectivity index (χ2n) is 4.50. The van der Waals surface area contributed by atoms with Gasteiger partial charge in [0, 0.05) is 12.5 Å². The number of aliphatic carboxylic acids is 1. The van der Waals surface area contributed by atoms with Gasteiger partial charge in [-0.2, -0.15) is 0 Å². The predicted molar refractivity (Wildman–Crippen MR) is 64.9 cm³/mol. The summed E-state index contributed by atoms with van der Waals surface area (Å²) in [6.07, 6.45) is 0.230. The zero-order valence-corrected chi connectivity index (χ0v) is 10.00. The number of carboxylic acids is 2. The number of piperidine rings is 1. The fraction of sp³-hybridized carbons (Fsp3) is 0.308. The SMILES string of the molecule is O=C(O)c1ccc([C@H]2CNC(=O)[C@H](C(=O)O)C2)cc1. The Kier molecular flexibility index (Phi) is 3.50. The number of aromatic carboxylic acids is 1. The molecule has 0 bridgehead atoms. The van der Waals surface area contributed by atoms with Crippen molar-refractivity contribution in [3.8, 4) is 0 Å². The van der Waals surface area contributed by atoms with E-state index in [-0.39, 0.29) is 17.9 Å². The van der Waals surface area contributed by atoms with Crippen molar-refractivity contribution in [3.63, 3.8) is 0 Å². The number of amides is 1. The molecule has 0 saturated carbocycles. The van der Waals surface area contributed by atoms with Gasteiger partial charge in [-0.3, -0.25) is 9.59 Å². The third-order valence-electron chi connectivity index (χ3n) is 3.29. The van der Waals surface area contributed by atoms with Crippen LogP contribution in [0.4, 0.5) is 0 Å². The molecule has 0 unspecified atom stereocenters. The monoisotopic (exact) mass is 263 g/mol. The van der Waals surface area contributed by atoms with Crippen LogP contribution >= 0.6 is 0 Å². The standard InChI is InChI=1S/C13H13NO5/c15-11-10(13(18)19)5-9(6-14-11)7-1-3-8(4-2-7)12(16)17/h1-4,9-10H,5-6H2,(H,14,15)(H,16,17)(H,18,19)/t9-,10-/m1/s1. The number of hydrogen-bond donors (Lipinski definition) is 3. The Hall–Kier alpha value is -2.37. The molecule has 100 valence electrons. The molecule has 1 heterocycles. The van der Waals surface area contributed by atoms with E-state index in [4.69, 9.17) is 10.2 Å². The number of rotatable bonds is 3. The molecular formula is C13H13NO5. The highest BCUT2D eigenvalue weighted by molar-refractivity contribution is 5.97. The fourth-order valence-corrected chi connectivity index (χ4v) is 2.19. The first-order valence-corrected chi connectivity index (χ1v) is 5.83. The van der Waals surface area contributed by atoms with Crippen LogP contribution in [0.1, 0.15) is 28.3 Å². The molecule has 0 aliphatic carbocycles. The molecule has 0 aromatic heterocycles. The number of carboxylic acid groups (broad SMARTS) is 2. The number of nitrogens with one attached hydrogen (secondary N) is 1. The first-order chi connectivity index (χ1) is 8.99. The van der Waals surface area contributed by atoms with Gasteiger partial charge >= 0.3 is 11.9 Å². The van der Waals surface area contributed by atoms with Crippen molar-refractivity contribution in [2.75, 3.05) is 6.54 Å². The quantitative estimate of drug-likeness (QED) is 0.696. The van der Waals surface area contributed by atoms with Crippen molar-refractivity contribution in [3.05, 3.63) is 35.4 Å². The lowest BCUT2D eigenvalue weighted by atomic mass is 9.85. The van der Waals surface area contributed by atoms with E-state index < -0.39 is 23.8 Å². The second kappa shape index (κ2) is 5.09. The van der Waals surface area contributed by atoms with Gasteiger partial charge in [-0.05, 0) is 24.1 Å². The lowest BCUT2D eigenvalue weighted by Crippen LogP contribution is -2.43. The van der Waals surface area contributed by atoms with Crippen LogP contribution < -0.4 is 5.32 Å². The summed E-state index contributed by atoms with van der Waals surface area (Å²) >= 11 is 0. The van der Waals surface area contributed by atoms with Crippen LogP contribution in [0.15, 0.2) is 24.3 Å². The van der Waals surface area contributed by atoms with E-state index in [1.165, 1.54) is 12.1 Å². The van der Waals surface area contributed by atoms with Gasteiger partial charge in [-0.1, -0.05) is 12.1 Å². The van der Waals surface area contributed by atoms with E-state index in [0.717, 1.165) is 5.56 Å². The van der Waals surface area contributed by atoms with Crippen LogP contribution in [-0.4, -0.2) is 34.6 Å². The first-order valence-electron chi connectivity index (χ1n) is 5.83. The van der Waals surface area contributed by atoms with Crippen molar-refractivity contribution in [2.45, 2.75) is 12.3 Å². The zero-order valence-electron chi connectivity index (χ0n) is 10.00. The largest absolute Gasteiger partial charge is 0.481 e. The Labute approximate surface area is 109 Å². The van der Waals surface area contributed by atoms with Gasteiger partial charge < -0.3 is 15.5 Å². The molecular weight excluding hydrogens is 250 g/mol. The zero-order chi connectivity index (χ0) is 14.0. The molecule has 6 heteroatoms. The van der Waals surface area contributed by atoms with E-state index in [0.29, 0.717) is 6.54 Å². The van der Waals surface area contributed by atoms with Gasteiger partial charge in [-0.25, -0.2) is 4.79 Å². The molecule has 3 N–H and O–H groups in total. The molecule has 1 aliphatic rings. The minimum atomic E-state index is -1.13. The van der Waals surface area contributed by atoms with Crippen LogP contribution in [0.3, 0.4) is 0 Å². The molecule has 2 atom stereocenters. The van der Waals surface area contributed by atoms with Gasteiger partial charge in [0.1, 0.15) is 5.92 Å². The van der Waals surface area contributed by atoms with Crippen molar-refractivity contribution in [2.24, 2.45) is 5.92 Å². The van der Waals surface area contributed by atoms with E-state index in [2.05, 4.69) is 5.32 Å². The number of benzene rings is 1. The molecule has 1 amide bonds. The first kappa shape index (κ1) is 13.1. The average Bonchev–Trinajstić information content (AvgIpc) is 2.39. The predicted octanol–water partition coefficient (Wildman–Crippen LogP) is 0.689. The van der Waals surface area contributed by atoms with Gasteiger partial charge in [0.2, 0.25) is 5.91 Å². The summed E-state index contributed by atoms with van der Waals surface area (Å²) in [6.45, 7) is 0.370. The van der Waals surface area contributed by atoms with Gasteiger partial charge in [0.25, 0.3) is 0 Å². The Bertz CT molecular complexity index is 522. The Morgan fingerprint density at radius 3 is 2.32 bits per heavy atom. The molecule has 6 nitrogen and oxygen atoms in total. The second-order valence-corrected chi connectivity index (χ2v) is 4.50. The summed E-state index contributed by atoms with van der Waals surface area (Å²) in [5.41, 5.74) is 1.01. The fourth-order valence-electron chi connectivity index (χ4n) is 2.19. The third-order valence-corrected chi connectivity index (χ3v) is 3.29. The van der Waals surface area contributed by atoms with Crippen LogP contribution in [0.2, 0.25) is 0 Å². The molecule has 0 spiro atoms. The highest BCUT2D eigenvalue weighted by atomic mass is 16.4.